The van der Waals surface area contributed by atoms with Crippen molar-refractivity contribution in [2.75, 3.05) is 11.9 Å². The van der Waals surface area contributed by atoms with E-state index >= 15 is 0 Å². The van der Waals surface area contributed by atoms with Gasteiger partial charge in [-0.25, -0.2) is 0 Å². The minimum Gasteiger partial charge on any atom is -0.328 e. The summed E-state index contributed by atoms with van der Waals surface area (Å²) in [5.74, 6) is 0.119. The van der Waals surface area contributed by atoms with Gasteiger partial charge in [-0.05, 0) is 37.5 Å². The van der Waals surface area contributed by atoms with Crippen molar-refractivity contribution in [3.63, 3.8) is 0 Å². The van der Waals surface area contributed by atoms with Gasteiger partial charge in [0.15, 0.2) is 0 Å². The molecule has 2 rings (SSSR count). The number of hydrogen-bond acceptors (Lipinski definition) is 3. The molecule has 1 aromatic carbocycles. The second-order valence-electron chi connectivity index (χ2n) is 4.83. The second kappa shape index (κ2) is 5.19. The third kappa shape index (κ3) is 2.52. The second-order valence-corrected chi connectivity index (χ2v) is 4.83. The molecule has 0 bridgehead atoms. The average molecular weight is 243 g/mol. The quantitative estimate of drug-likeness (QED) is 0.858. The molecular formula is C14H17N3O. The van der Waals surface area contributed by atoms with Gasteiger partial charge in [-0.2, -0.15) is 5.26 Å². The van der Waals surface area contributed by atoms with Crippen LogP contribution in [0.2, 0.25) is 0 Å². The van der Waals surface area contributed by atoms with E-state index in [1.165, 1.54) is 0 Å². The lowest BCUT2D eigenvalue weighted by Gasteiger charge is -2.21. The molecule has 1 amide bonds. The Hall–Kier alpha value is -1.86. The van der Waals surface area contributed by atoms with Crippen molar-refractivity contribution in [3.05, 3.63) is 29.8 Å². The molecule has 0 saturated heterocycles. The summed E-state index contributed by atoms with van der Waals surface area (Å²) in [5, 5.41) is 8.86. The van der Waals surface area contributed by atoms with Gasteiger partial charge < -0.3 is 10.6 Å². The number of anilines is 1. The third-order valence-corrected chi connectivity index (χ3v) is 3.52. The van der Waals surface area contributed by atoms with E-state index in [0.29, 0.717) is 5.56 Å². The van der Waals surface area contributed by atoms with Gasteiger partial charge in [0.05, 0.1) is 11.6 Å². The smallest absolute Gasteiger partial charge is 0.229 e. The van der Waals surface area contributed by atoms with Crippen molar-refractivity contribution in [2.24, 2.45) is 11.7 Å². The predicted octanol–water partition coefficient (Wildman–Crippen LogP) is 1.65. The van der Waals surface area contributed by atoms with Crippen molar-refractivity contribution in [3.8, 4) is 6.07 Å². The van der Waals surface area contributed by atoms with Crippen LogP contribution in [-0.2, 0) is 4.79 Å². The molecule has 0 heterocycles. The number of benzene rings is 1. The minimum atomic E-state index is 0.0238. The molecule has 1 aliphatic carbocycles. The molecule has 2 atom stereocenters. The van der Waals surface area contributed by atoms with Crippen LogP contribution in [0.15, 0.2) is 24.3 Å². The average Bonchev–Trinajstić information content (AvgIpc) is 2.83. The number of nitriles is 1. The zero-order valence-electron chi connectivity index (χ0n) is 10.5. The molecule has 1 saturated carbocycles. The minimum absolute atomic E-state index is 0.0238. The fraction of sp³-hybridized carbons (Fsp3) is 0.429. The summed E-state index contributed by atoms with van der Waals surface area (Å²) in [5.41, 5.74) is 7.16. The fourth-order valence-corrected chi connectivity index (χ4v) is 2.43. The monoisotopic (exact) mass is 243 g/mol. The molecule has 94 valence electrons. The Bertz CT molecular complexity index is 492. The zero-order chi connectivity index (χ0) is 13.1. The normalized spacial score (nSPS) is 22.5. The van der Waals surface area contributed by atoms with Gasteiger partial charge in [-0.3, -0.25) is 4.79 Å². The Morgan fingerprint density at radius 2 is 2.28 bits per heavy atom. The maximum Gasteiger partial charge on any atom is 0.229 e. The highest BCUT2D eigenvalue weighted by Gasteiger charge is 2.30. The molecule has 18 heavy (non-hydrogen) atoms. The van der Waals surface area contributed by atoms with Crippen LogP contribution in [0.3, 0.4) is 0 Å². The number of nitrogens with two attached hydrogens (primary N) is 1. The predicted molar refractivity (Wildman–Crippen MR) is 69.9 cm³/mol. The van der Waals surface area contributed by atoms with Crippen molar-refractivity contribution in [1.82, 2.24) is 0 Å². The fourth-order valence-electron chi connectivity index (χ4n) is 2.43. The maximum atomic E-state index is 12.3. The molecule has 0 spiro atoms. The Labute approximate surface area is 107 Å². The summed E-state index contributed by atoms with van der Waals surface area (Å²) in [6.07, 6.45) is 2.55. The highest BCUT2D eigenvalue weighted by atomic mass is 16.2. The number of carbonyl (C=O) groups excluding carboxylic acids is 1. The lowest BCUT2D eigenvalue weighted by molar-refractivity contribution is -0.121. The SMILES string of the molecule is CN(C(=O)C1CCC(N)C1)c1cccc(C#N)c1. The molecule has 0 radical (unpaired) electrons. The first-order valence-electron chi connectivity index (χ1n) is 6.15. The first kappa shape index (κ1) is 12.6. The van der Waals surface area contributed by atoms with E-state index in [0.717, 1.165) is 24.9 Å². The van der Waals surface area contributed by atoms with E-state index in [-0.39, 0.29) is 17.9 Å². The van der Waals surface area contributed by atoms with E-state index in [4.69, 9.17) is 11.0 Å². The molecule has 1 aliphatic rings. The molecular weight excluding hydrogens is 226 g/mol. The Balaban J connectivity index is 2.13. The van der Waals surface area contributed by atoms with E-state index in [2.05, 4.69) is 6.07 Å². The van der Waals surface area contributed by atoms with Crippen LogP contribution in [0.4, 0.5) is 5.69 Å². The summed E-state index contributed by atoms with van der Waals surface area (Å²) >= 11 is 0. The van der Waals surface area contributed by atoms with E-state index in [9.17, 15) is 4.79 Å². The number of rotatable bonds is 2. The topological polar surface area (TPSA) is 70.1 Å². The summed E-state index contributed by atoms with van der Waals surface area (Å²) < 4.78 is 0. The largest absolute Gasteiger partial charge is 0.328 e. The molecule has 1 fully saturated rings. The number of nitrogens with zero attached hydrogens (tertiary/aromatic N) is 2. The van der Waals surface area contributed by atoms with Crippen molar-refractivity contribution in [1.29, 1.82) is 5.26 Å². The first-order chi connectivity index (χ1) is 8.61. The zero-order valence-corrected chi connectivity index (χ0v) is 10.5. The highest BCUT2D eigenvalue weighted by molar-refractivity contribution is 5.94. The number of amides is 1. The molecule has 4 heteroatoms. The van der Waals surface area contributed by atoms with Crippen LogP contribution < -0.4 is 10.6 Å². The number of hydrogen-bond donors (Lipinski definition) is 1. The van der Waals surface area contributed by atoms with Crippen LogP contribution in [0.5, 0.6) is 0 Å². The van der Waals surface area contributed by atoms with Crippen LogP contribution in [0, 0.1) is 17.2 Å². The lowest BCUT2D eigenvalue weighted by Crippen LogP contribution is -2.32. The van der Waals surface area contributed by atoms with Gasteiger partial charge in [0.25, 0.3) is 0 Å². The van der Waals surface area contributed by atoms with Gasteiger partial charge in [-0.1, -0.05) is 6.07 Å². The summed E-state index contributed by atoms with van der Waals surface area (Å²) in [6, 6.07) is 9.32. The van der Waals surface area contributed by atoms with Crippen molar-refractivity contribution < 1.29 is 4.79 Å². The number of carbonyl (C=O) groups is 1. The third-order valence-electron chi connectivity index (χ3n) is 3.52. The summed E-state index contributed by atoms with van der Waals surface area (Å²) in [4.78, 5) is 13.9. The first-order valence-corrected chi connectivity index (χ1v) is 6.15. The summed E-state index contributed by atoms with van der Waals surface area (Å²) in [6.45, 7) is 0. The molecule has 0 aromatic heterocycles. The van der Waals surface area contributed by atoms with Crippen LogP contribution >= 0.6 is 0 Å². The summed E-state index contributed by atoms with van der Waals surface area (Å²) in [7, 11) is 1.75. The Morgan fingerprint density at radius 3 is 2.89 bits per heavy atom. The molecule has 0 aliphatic heterocycles. The van der Waals surface area contributed by atoms with Gasteiger partial charge in [0.1, 0.15) is 0 Å². The van der Waals surface area contributed by atoms with Crippen LogP contribution in [0.25, 0.3) is 0 Å². The Morgan fingerprint density at radius 1 is 1.50 bits per heavy atom. The van der Waals surface area contributed by atoms with Crippen LogP contribution in [-0.4, -0.2) is 19.0 Å². The van der Waals surface area contributed by atoms with Gasteiger partial charge in [-0.15, -0.1) is 0 Å². The molecule has 2 unspecified atom stereocenters. The molecule has 4 nitrogen and oxygen atoms in total. The lowest BCUT2D eigenvalue weighted by atomic mass is 10.1. The van der Waals surface area contributed by atoms with Crippen LogP contribution in [0.1, 0.15) is 24.8 Å². The van der Waals surface area contributed by atoms with Crippen molar-refractivity contribution >= 4 is 11.6 Å². The molecule has 2 N–H and O–H groups in total. The van der Waals surface area contributed by atoms with Gasteiger partial charge in [0.2, 0.25) is 5.91 Å². The standard InChI is InChI=1S/C14H17N3O/c1-17(13-4-2-3-10(7-13)9-15)14(18)11-5-6-12(16)8-11/h2-4,7,11-12H,5-6,8,16H2,1H3. The highest BCUT2D eigenvalue weighted by Crippen LogP contribution is 2.27. The molecule has 1 aromatic rings. The van der Waals surface area contributed by atoms with Gasteiger partial charge >= 0.3 is 0 Å². The Kier molecular flexibility index (Phi) is 3.63. The van der Waals surface area contributed by atoms with Gasteiger partial charge in [0, 0.05) is 24.7 Å². The van der Waals surface area contributed by atoms with E-state index < -0.39 is 0 Å². The van der Waals surface area contributed by atoms with E-state index in [1.807, 2.05) is 6.07 Å². The van der Waals surface area contributed by atoms with Crippen molar-refractivity contribution in [2.45, 2.75) is 25.3 Å². The van der Waals surface area contributed by atoms with E-state index in [1.54, 1.807) is 30.1 Å². The maximum absolute atomic E-state index is 12.3.